The van der Waals surface area contributed by atoms with Gasteiger partial charge in [0.2, 0.25) is 0 Å². The van der Waals surface area contributed by atoms with E-state index in [9.17, 15) is 0 Å². The number of furan rings is 1. The zero-order valence-corrected chi connectivity index (χ0v) is 31.3. The largest absolute Gasteiger partial charge is 0.456 e. The van der Waals surface area contributed by atoms with Crippen LogP contribution in [0.3, 0.4) is 0 Å². The predicted molar refractivity (Wildman–Crippen MR) is 235 cm³/mol. The first-order valence-corrected chi connectivity index (χ1v) is 20.0. The van der Waals surface area contributed by atoms with Gasteiger partial charge in [0.1, 0.15) is 11.3 Å². The van der Waals surface area contributed by atoms with Gasteiger partial charge in [-0.05, 0) is 117 Å². The van der Waals surface area contributed by atoms with Gasteiger partial charge >= 0.3 is 0 Å². The van der Waals surface area contributed by atoms with E-state index in [1.807, 2.05) is 0 Å². The van der Waals surface area contributed by atoms with E-state index in [1.165, 1.54) is 77.7 Å². The van der Waals surface area contributed by atoms with E-state index in [1.54, 1.807) is 0 Å². The SMILES string of the molecule is C1=Cc2oc3ccc4c(c3c2CC1)-c1ccccc1C41c2ccccc2-c2c(N(c3ccc(-c4ccccc4)cc3)c3ccc(-c4ccccc4)cc3)cccc21. The van der Waals surface area contributed by atoms with Crippen LogP contribution < -0.4 is 4.90 Å². The molecule has 0 saturated carbocycles. The maximum Gasteiger partial charge on any atom is 0.135 e. The molecular formula is C55H37NO. The first-order valence-electron chi connectivity index (χ1n) is 20.0. The van der Waals surface area contributed by atoms with E-state index >= 15 is 0 Å². The summed E-state index contributed by atoms with van der Waals surface area (Å²) in [7, 11) is 0. The van der Waals surface area contributed by atoms with Gasteiger partial charge in [-0.3, -0.25) is 0 Å². The smallest absolute Gasteiger partial charge is 0.135 e. The van der Waals surface area contributed by atoms with Crippen LogP contribution >= 0.6 is 0 Å². The molecule has 2 nitrogen and oxygen atoms in total. The van der Waals surface area contributed by atoms with Gasteiger partial charge in [-0.25, -0.2) is 0 Å². The highest BCUT2D eigenvalue weighted by atomic mass is 16.3. The lowest BCUT2D eigenvalue weighted by molar-refractivity contribution is 0.595. The lowest BCUT2D eigenvalue weighted by atomic mass is 9.70. The second-order valence-electron chi connectivity index (χ2n) is 15.4. The van der Waals surface area contributed by atoms with E-state index in [0.717, 1.165) is 41.2 Å². The number of fused-ring (bicyclic) bond motifs is 14. The molecule has 0 fully saturated rings. The molecule has 1 unspecified atom stereocenters. The molecule has 1 spiro atoms. The zero-order valence-electron chi connectivity index (χ0n) is 31.3. The van der Waals surface area contributed by atoms with Crippen LogP contribution in [0.25, 0.3) is 61.6 Å². The van der Waals surface area contributed by atoms with E-state index < -0.39 is 5.41 Å². The van der Waals surface area contributed by atoms with Crippen LogP contribution in [0.4, 0.5) is 17.1 Å². The summed E-state index contributed by atoms with van der Waals surface area (Å²) >= 11 is 0. The lowest BCUT2D eigenvalue weighted by Crippen LogP contribution is -2.26. The molecule has 1 aromatic heterocycles. The first-order chi connectivity index (χ1) is 28.3. The Balaban J connectivity index is 1.12. The van der Waals surface area contributed by atoms with Crippen molar-refractivity contribution in [3.8, 4) is 44.5 Å². The number of hydrogen-bond donors (Lipinski definition) is 0. The standard InChI is InChI=1S/C55H37NO/c1-3-14-36(15-4-1)38-26-30-40(31-27-38)56(41-32-28-39(29-33-41)37-16-5-2-6-17-37)49-24-13-23-47-52(49)42-18-7-10-21-45(42)55(47)46-22-11-8-19-43(46)53-48(55)34-35-51-54(53)44-20-9-12-25-50(44)57-51/h1-8,10-19,21-35H,9,20H2. The van der Waals surface area contributed by atoms with Crippen molar-refractivity contribution < 1.29 is 4.42 Å². The van der Waals surface area contributed by atoms with Crippen molar-refractivity contribution >= 4 is 34.1 Å². The van der Waals surface area contributed by atoms with Crippen LogP contribution in [0, 0.1) is 0 Å². The molecule has 0 radical (unpaired) electrons. The van der Waals surface area contributed by atoms with Crippen LogP contribution in [0.2, 0.25) is 0 Å². The molecule has 0 bridgehead atoms. The first kappa shape index (κ1) is 32.1. The molecule has 0 saturated heterocycles. The molecular weight excluding hydrogens is 691 g/mol. The number of anilines is 3. The van der Waals surface area contributed by atoms with Gasteiger partial charge in [0.25, 0.3) is 0 Å². The van der Waals surface area contributed by atoms with Gasteiger partial charge in [0, 0.05) is 27.9 Å². The number of rotatable bonds is 5. The molecule has 268 valence electrons. The fourth-order valence-electron chi connectivity index (χ4n) is 10.2. The Labute approximate surface area is 332 Å². The van der Waals surface area contributed by atoms with E-state index in [2.05, 4.69) is 205 Å². The van der Waals surface area contributed by atoms with E-state index in [0.29, 0.717) is 0 Å². The molecule has 1 atom stereocenters. The van der Waals surface area contributed by atoms with Crippen molar-refractivity contribution in [1.29, 1.82) is 0 Å². The summed E-state index contributed by atoms with van der Waals surface area (Å²) in [4.78, 5) is 2.46. The number of allylic oxidation sites excluding steroid dienone is 1. The Kier molecular flexibility index (Phi) is 7.00. The monoisotopic (exact) mass is 727 g/mol. The Morgan fingerprint density at radius 2 is 0.965 bits per heavy atom. The van der Waals surface area contributed by atoms with Gasteiger partial charge in [-0.1, -0.05) is 158 Å². The van der Waals surface area contributed by atoms with E-state index in [4.69, 9.17) is 4.42 Å². The lowest BCUT2D eigenvalue weighted by Gasteiger charge is -2.32. The van der Waals surface area contributed by atoms with Crippen LogP contribution in [0.5, 0.6) is 0 Å². The van der Waals surface area contributed by atoms with Crippen molar-refractivity contribution in [3.05, 3.63) is 228 Å². The highest BCUT2D eigenvalue weighted by Gasteiger charge is 2.53. The van der Waals surface area contributed by atoms with Crippen LogP contribution in [-0.2, 0) is 11.8 Å². The minimum atomic E-state index is -0.489. The summed E-state index contributed by atoms with van der Waals surface area (Å²) < 4.78 is 6.55. The normalized spacial score (nSPS) is 15.6. The minimum absolute atomic E-state index is 0.489. The average molecular weight is 728 g/mol. The van der Waals surface area contributed by atoms with Gasteiger partial charge in [0.15, 0.2) is 0 Å². The average Bonchev–Trinajstić information content (AvgIpc) is 3.92. The summed E-state index contributed by atoms with van der Waals surface area (Å²) in [6.45, 7) is 0. The maximum absolute atomic E-state index is 6.55. The second-order valence-corrected chi connectivity index (χ2v) is 15.4. The maximum atomic E-state index is 6.55. The van der Waals surface area contributed by atoms with Gasteiger partial charge in [0.05, 0.1) is 11.1 Å². The number of nitrogens with zero attached hydrogens (tertiary/aromatic N) is 1. The Morgan fingerprint density at radius 3 is 1.60 bits per heavy atom. The minimum Gasteiger partial charge on any atom is -0.456 e. The van der Waals surface area contributed by atoms with Crippen LogP contribution in [-0.4, -0.2) is 0 Å². The van der Waals surface area contributed by atoms with Crippen molar-refractivity contribution in [2.75, 3.05) is 4.90 Å². The number of aryl methyl sites for hydroxylation is 1. The molecule has 57 heavy (non-hydrogen) atoms. The van der Waals surface area contributed by atoms with Crippen molar-refractivity contribution in [1.82, 2.24) is 0 Å². The van der Waals surface area contributed by atoms with Crippen LogP contribution in [0.15, 0.2) is 199 Å². The molecule has 8 aromatic carbocycles. The Hall–Kier alpha value is -7.16. The van der Waals surface area contributed by atoms with Crippen molar-refractivity contribution in [3.63, 3.8) is 0 Å². The molecule has 0 amide bonds. The Bertz CT molecular complexity index is 2960. The quantitative estimate of drug-likeness (QED) is 0.175. The molecule has 3 aliphatic carbocycles. The second kappa shape index (κ2) is 12.4. The topological polar surface area (TPSA) is 16.4 Å². The molecule has 0 N–H and O–H groups in total. The third kappa shape index (κ3) is 4.59. The van der Waals surface area contributed by atoms with E-state index in [-0.39, 0.29) is 0 Å². The summed E-state index contributed by atoms with van der Waals surface area (Å²) in [5.41, 5.74) is 20.5. The third-order valence-electron chi connectivity index (χ3n) is 12.6. The summed E-state index contributed by atoms with van der Waals surface area (Å²) in [5.74, 6) is 1.00. The molecule has 3 aliphatic rings. The molecule has 1 heterocycles. The molecule has 12 rings (SSSR count). The summed E-state index contributed by atoms with van der Waals surface area (Å²) in [5, 5.41) is 1.27. The fourth-order valence-corrected chi connectivity index (χ4v) is 10.2. The third-order valence-corrected chi connectivity index (χ3v) is 12.6. The fraction of sp³-hybridized carbons (Fsp3) is 0.0545. The highest BCUT2D eigenvalue weighted by molar-refractivity contribution is 6.08. The van der Waals surface area contributed by atoms with Gasteiger partial charge in [-0.2, -0.15) is 0 Å². The van der Waals surface area contributed by atoms with Gasteiger partial charge < -0.3 is 9.32 Å². The molecule has 2 heteroatoms. The highest BCUT2D eigenvalue weighted by Crippen LogP contribution is 2.66. The number of benzene rings is 8. The van der Waals surface area contributed by atoms with Crippen molar-refractivity contribution in [2.45, 2.75) is 18.3 Å². The van der Waals surface area contributed by atoms with Crippen LogP contribution in [0.1, 0.15) is 40.0 Å². The molecule has 0 aliphatic heterocycles. The van der Waals surface area contributed by atoms with Crippen molar-refractivity contribution in [2.24, 2.45) is 0 Å². The Morgan fingerprint density at radius 1 is 0.439 bits per heavy atom. The number of hydrogen-bond acceptors (Lipinski definition) is 2. The van der Waals surface area contributed by atoms with Gasteiger partial charge in [-0.15, -0.1) is 0 Å². The summed E-state index contributed by atoms with van der Waals surface area (Å²) in [6, 6.07) is 69.2. The molecule has 9 aromatic rings. The predicted octanol–water partition coefficient (Wildman–Crippen LogP) is 14.5. The zero-order chi connectivity index (χ0) is 37.5. The summed E-state index contributed by atoms with van der Waals surface area (Å²) in [6.07, 6.45) is 6.42.